The molecule has 3 aromatic rings. The minimum Gasteiger partial charge on any atom is -0.492 e. The minimum absolute atomic E-state index is 0.535. The molecule has 1 heterocycles. The van der Waals surface area contributed by atoms with Gasteiger partial charge in [0, 0.05) is 0 Å². The fourth-order valence-corrected chi connectivity index (χ4v) is 2.73. The number of ether oxygens (including phenoxy) is 1. The molecule has 1 unspecified atom stereocenters. The average Bonchev–Trinajstić information content (AvgIpc) is 2.93. The summed E-state index contributed by atoms with van der Waals surface area (Å²) >= 11 is 0. The number of fused-ring (bicyclic) bond motifs is 1. The monoisotopic (exact) mass is 310 g/mol. The number of aliphatic hydroxyl groups is 1. The Morgan fingerprint density at radius 3 is 2.78 bits per heavy atom. The lowest BCUT2D eigenvalue weighted by Crippen LogP contribution is -2.13. The molecule has 2 aromatic carbocycles. The molecule has 4 nitrogen and oxygen atoms in total. The zero-order valence-electron chi connectivity index (χ0n) is 13.6. The number of hydrogen-bond acceptors (Lipinski definition) is 3. The Hall–Kier alpha value is -2.33. The van der Waals surface area contributed by atoms with E-state index in [0.29, 0.717) is 25.4 Å². The topological polar surface area (TPSA) is 47.3 Å². The first-order chi connectivity index (χ1) is 11.2. The first kappa shape index (κ1) is 15.6. The fraction of sp³-hybridized carbons (Fsp3) is 0.316. The third kappa shape index (κ3) is 3.37. The van der Waals surface area contributed by atoms with Gasteiger partial charge in [0.15, 0.2) is 0 Å². The highest BCUT2D eigenvalue weighted by atomic mass is 16.5. The van der Waals surface area contributed by atoms with Crippen molar-refractivity contribution in [1.29, 1.82) is 0 Å². The number of para-hydroxylation sites is 2. The largest absolute Gasteiger partial charge is 0.492 e. The standard InChI is InChI=1S/C19H22N2O2/c1-3-18(22)19-20-16-9-4-5-10-17(16)21(19)11-12-23-15-8-6-7-14(2)13-15/h4-10,13,18,22H,3,11-12H2,1-2H3. The van der Waals surface area contributed by atoms with Gasteiger partial charge >= 0.3 is 0 Å². The molecular formula is C19H22N2O2. The van der Waals surface area contributed by atoms with Crippen LogP contribution in [0, 0.1) is 6.92 Å². The molecule has 0 aliphatic rings. The quantitative estimate of drug-likeness (QED) is 0.752. The molecule has 0 saturated carbocycles. The highest BCUT2D eigenvalue weighted by Gasteiger charge is 2.16. The molecule has 0 radical (unpaired) electrons. The van der Waals surface area contributed by atoms with Crippen LogP contribution in [-0.4, -0.2) is 21.3 Å². The summed E-state index contributed by atoms with van der Waals surface area (Å²) in [5.74, 6) is 1.58. The summed E-state index contributed by atoms with van der Waals surface area (Å²) in [5.41, 5.74) is 3.12. The second-order valence-electron chi connectivity index (χ2n) is 5.70. The zero-order valence-corrected chi connectivity index (χ0v) is 13.6. The molecule has 1 aromatic heterocycles. The Kier molecular flexibility index (Phi) is 4.63. The summed E-state index contributed by atoms with van der Waals surface area (Å²) in [6, 6.07) is 16.0. The van der Waals surface area contributed by atoms with Crippen LogP contribution >= 0.6 is 0 Å². The zero-order chi connectivity index (χ0) is 16.2. The van der Waals surface area contributed by atoms with Crippen LogP contribution in [0.1, 0.15) is 30.8 Å². The van der Waals surface area contributed by atoms with E-state index in [0.717, 1.165) is 16.8 Å². The molecule has 0 saturated heterocycles. The molecule has 4 heteroatoms. The lowest BCUT2D eigenvalue weighted by molar-refractivity contribution is 0.157. The van der Waals surface area contributed by atoms with E-state index in [1.165, 1.54) is 5.56 Å². The molecule has 0 bridgehead atoms. The van der Waals surface area contributed by atoms with Crippen molar-refractivity contribution in [3.05, 3.63) is 59.9 Å². The number of aromatic nitrogens is 2. The van der Waals surface area contributed by atoms with Crippen molar-refractivity contribution < 1.29 is 9.84 Å². The first-order valence-corrected chi connectivity index (χ1v) is 8.01. The number of aliphatic hydroxyl groups excluding tert-OH is 1. The van der Waals surface area contributed by atoms with E-state index in [2.05, 4.69) is 9.55 Å². The normalized spacial score (nSPS) is 12.5. The van der Waals surface area contributed by atoms with Crippen molar-refractivity contribution in [2.75, 3.05) is 6.61 Å². The summed E-state index contributed by atoms with van der Waals surface area (Å²) in [6.07, 6.45) is 0.0866. The lowest BCUT2D eigenvalue weighted by atomic mass is 10.2. The van der Waals surface area contributed by atoms with E-state index < -0.39 is 6.10 Å². The first-order valence-electron chi connectivity index (χ1n) is 8.01. The Morgan fingerprint density at radius 1 is 1.17 bits per heavy atom. The lowest BCUT2D eigenvalue weighted by Gasteiger charge is -2.13. The van der Waals surface area contributed by atoms with E-state index in [1.54, 1.807) is 0 Å². The van der Waals surface area contributed by atoms with Crippen molar-refractivity contribution in [3.8, 4) is 5.75 Å². The van der Waals surface area contributed by atoms with Crippen LogP contribution in [0.15, 0.2) is 48.5 Å². The van der Waals surface area contributed by atoms with Crippen molar-refractivity contribution in [2.45, 2.75) is 32.9 Å². The molecule has 0 spiro atoms. The summed E-state index contributed by atoms with van der Waals surface area (Å²) in [4.78, 5) is 4.58. The van der Waals surface area contributed by atoms with Gasteiger partial charge in [0.05, 0.1) is 17.6 Å². The number of rotatable bonds is 6. The van der Waals surface area contributed by atoms with Crippen LogP contribution in [0.4, 0.5) is 0 Å². The number of aryl methyl sites for hydroxylation is 1. The van der Waals surface area contributed by atoms with E-state index in [9.17, 15) is 5.11 Å². The summed E-state index contributed by atoms with van der Waals surface area (Å²) in [6.45, 7) is 5.19. The summed E-state index contributed by atoms with van der Waals surface area (Å²) < 4.78 is 7.90. The Morgan fingerprint density at radius 2 is 2.00 bits per heavy atom. The molecule has 120 valence electrons. The number of nitrogens with zero attached hydrogens (tertiary/aromatic N) is 2. The van der Waals surface area contributed by atoms with E-state index in [-0.39, 0.29) is 0 Å². The van der Waals surface area contributed by atoms with Gasteiger partial charge in [-0.15, -0.1) is 0 Å². The Bertz CT molecular complexity index is 795. The van der Waals surface area contributed by atoms with Gasteiger partial charge in [-0.05, 0) is 43.2 Å². The van der Waals surface area contributed by atoms with Gasteiger partial charge < -0.3 is 14.4 Å². The van der Waals surface area contributed by atoms with Gasteiger partial charge in [-0.25, -0.2) is 4.98 Å². The van der Waals surface area contributed by atoms with Crippen LogP contribution in [0.2, 0.25) is 0 Å². The van der Waals surface area contributed by atoms with Gasteiger partial charge in [-0.1, -0.05) is 31.2 Å². The third-order valence-electron chi connectivity index (χ3n) is 3.94. The van der Waals surface area contributed by atoms with Crippen LogP contribution < -0.4 is 4.74 Å². The maximum Gasteiger partial charge on any atom is 0.138 e. The molecular weight excluding hydrogens is 288 g/mol. The summed E-state index contributed by atoms with van der Waals surface area (Å²) in [7, 11) is 0. The van der Waals surface area contributed by atoms with Gasteiger partial charge in [-0.2, -0.15) is 0 Å². The van der Waals surface area contributed by atoms with Gasteiger partial charge in [0.2, 0.25) is 0 Å². The maximum atomic E-state index is 10.2. The SMILES string of the molecule is CCC(O)c1nc2ccccc2n1CCOc1cccc(C)c1. The van der Waals surface area contributed by atoms with Crippen molar-refractivity contribution in [3.63, 3.8) is 0 Å². The van der Waals surface area contributed by atoms with Crippen molar-refractivity contribution in [2.24, 2.45) is 0 Å². The number of hydrogen-bond donors (Lipinski definition) is 1. The minimum atomic E-state index is -0.554. The second kappa shape index (κ2) is 6.84. The molecule has 3 rings (SSSR count). The number of benzene rings is 2. The van der Waals surface area contributed by atoms with Crippen LogP contribution in [0.5, 0.6) is 5.75 Å². The van der Waals surface area contributed by atoms with Gasteiger partial charge in [-0.3, -0.25) is 0 Å². The van der Waals surface area contributed by atoms with E-state index >= 15 is 0 Å². The molecule has 0 aliphatic heterocycles. The Balaban J connectivity index is 1.81. The van der Waals surface area contributed by atoms with Crippen LogP contribution in [0.25, 0.3) is 11.0 Å². The van der Waals surface area contributed by atoms with E-state index in [4.69, 9.17) is 4.74 Å². The molecule has 1 atom stereocenters. The molecule has 0 amide bonds. The van der Waals surface area contributed by atoms with Crippen molar-refractivity contribution in [1.82, 2.24) is 9.55 Å². The smallest absolute Gasteiger partial charge is 0.138 e. The predicted molar refractivity (Wildman–Crippen MR) is 91.7 cm³/mol. The van der Waals surface area contributed by atoms with Gasteiger partial charge in [0.25, 0.3) is 0 Å². The Labute approximate surface area is 136 Å². The average molecular weight is 310 g/mol. The van der Waals surface area contributed by atoms with Crippen molar-refractivity contribution >= 4 is 11.0 Å². The number of imidazole rings is 1. The van der Waals surface area contributed by atoms with Crippen LogP contribution in [0.3, 0.4) is 0 Å². The highest BCUT2D eigenvalue weighted by molar-refractivity contribution is 5.76. The summed E-state index contributed by atoms with van der Waals surface area (Å²) in [5, 5.41) is 10.2. The predicted octanol–water partition coefficient (Wildman–Crippen LogP) is 3.87. The second-order valence-corrected chi connectivity index (χ2v) is 5.70. The highest BCUT2D eigenvalue weighted by Crippen LogP contribution is 2.22. The fourth-order valence-electron chi connectivity index (χ4n) is 2.73. The molecule has 1 N–H and O–H groups in total. The van der Waals surface area contributed by atoms with Crippen LogP contribution in [-0.2, 0) is 6.54 Å². The van der Waals surface area contributed by atoms with E-state index in [1.807, 2.05) is 62.4 Å². The maximum absolute atomic E-state index is 10.2. The van der Waals surface area contributed by atoms with Gasteiger partial charge in [0.1, 0.15) is 24.3 Å². The molecule has 0 aliphatic carbocycles. The molecule has 23 heavy (non-hydrogen) atoms. The molecule has 0 fully saturated rings. The third-order valence-corrected chi connectivity index (χ3v) is 3.94.